The van der Waals surface area contributed by atoms with Crippen LogP contribution in [0.15, 0.2) is 72.8 Å². The SMILES string of the molecule is O=C1CC(N(CCc2cccc(Cl)c2)C(=O)c2ccc([N+](=O)[O-])cc2)C(=O)N1c1ccc(Cl)cc1. The van der Waals surface area contributed by atoms with Gasteiger partial charge in [0.15, 0.2) is 0 Å². The number of amides is 3. The summed E-state index contributed by atoms with van der Waals surface area (Å²) in [5.41, 5.74) is 1.23. The van der Waals surface area contributed by atoms with Crippen LogP contribution in [0.2, 0.25) is 10.0 Å². The molecule has 178 valence electrons. The number of hydrogen-bond donors (Lipinski definition) is 0. The van der Waals surface area contributed by atoms with Crippen molar-refractivity contribution in [3.8, 4) is 0 Å². The maximum Gasteiger partial charge on any atom is 0.269 e. The van der Waals surface area contributed by atoms with Crippen molar-refractivity contribution in [2.45, 2.75) is 18.9 Å². The normalized spacial score (nSPS) is 15.4. The molecule has 4 rings (SSSR count). The number of carbonyl (C=O) groups is 3. The van der Waals surface area contributed by atoms with E-state index in [1.165, 1.54) is 29.2 Å². The van der Waals surface area contributed by atoms with Crippen LogP contribution in [-0.2, 0) is 16.0 Å². The van der Waals surface area contributed by atoms with Gasteiger partial charge in [-0.1, -0.05) is 35.3 Å². The number of hydrogen-bond acceptors (Lipinski definition) is 5. The standard InChI is InChI=1S/C25H19Cl2N3O5/c26-18-6-10-20(11-7-18)29-23(31)15-22(25(29)33)28(13-12-16-2-1-3-19(27)14-16)24(32)17-4-8-21(9-5-17)30(34)35/h1-11,14,22H,12-13,15H2. The topological polar surface area (TPSA) is 101 Å². The fourth-order valence-electron chi connectivity index (χ4n) is 3.95. The molecule has 8 nitrogen and oxygen atoms in total. The molecule has 1 fully saturated rings. The van der Waals surface area contributed by atoms with Crippen molar-refractivity contribution >= 4 is 52.3 Å². The highest BCUT2D eigenvalue weighted by Gasteiger charge is 2.44. The predicted octanol–water partition coefficient (Wildman–Crippen LogP) is 4.92. The van der Waals surface area contributed by atoms with Crippen LogP contribution in [0.3, 0.4) is 0 Å². The van der Waals surface area contributed by atoms with Crippen molar-refractivity contribution in [2.24, 2.45) is 0 Å². The lowest BCUT2D eigenvalue weighted by Crippen LogP contribution is -2.46. The average Bonchev–Trinajstić information content (AvgIpc) is 3.13. The summed E-state index contributed by atoms with van der Waals surface area (Å²) >= 11 is 12.0. The lowest BCUT2D eigenvalue weighted by molar-refractivity contribution is -0.384. The third-order valence-corrected chi connectivity index (χ3v) is 6.19. The molecule has 1 aliphatic heterocycles. The molecular weight excluding hydrogens is 493 g/mol. The minimum Gasteiger partial charge on any atom is -0.326 e. The number of anilines is 1. The van der Waals surface area contributed by atoms with Crippen LogP contribution in [-0.4, -0.2) is 40.1 Å². The van der Waals surface area contributed by atoms with Gasteiger partial charge in [-0.3, -0.25) is 24.5 Å². The Morgan fingerprint density at radius 1 is 1.00 bits per heavy atom. The summed E-state index contributed by atoms with van der Waals surface area (Å²) in [6.45, 7) is 0.133. The minimum absolute atomic E-state index is 0.133. The maximum atomic E-state index is 13.5. The van der Waals surface area contributed by atoms with Crippen LogP contribution in [0.4, 0.5) is 11.4 Å². The highest BCUT2D eigenvalue weighted by molar-refractivity contribution is 6.31. The van der Waals surface area contributed by atoms with E-state index in [-0.39, 0.29) is 24.2 Å². The molecule has 1 atom stereocenters. The van der Waals surface area contributed by atoms with E-state index in [1.54, 1.807) is 42.5 Å². The molecule has 10 heteroatoms. The summed E-state index contributed by atoms with van der Waals surface area (Å²) in [7, 11) is 0. The largest absolute Gasteiger partial charge is 0.326 e. The molecule has 35 heavy (non-hydrogen) atoms. The molecule has 0 radical (unpaired) electrons. The Kier molecular flexibility index (Phi) is 7.14. The molecule has 0 N–H and O–H groups in total. The Balaban J connectivity index is 1.64. The Morgan fingerprint density at radius 2 is 1.69 bits per heavy atom. The third kappa shape index (κ3) is 5.34. The summed E-state index contributed by atoms with van der Waals surface area (Å²) in [4.78, 5) is 52.5. The number of non-ortho nitro benzene ring substituents is 1. The molecule has 0 saturated carbocycles. The number of rotatable bonds is 7. The molecule has 1 aliphatic rings. The molecule has 0 spiro atoms. The zero-order valence-electron chi connectivity index (χ0n) is 18.3. The fraction of sp³-hybridized carbons (Fsp3) is 0.160. The third-order valence-electron chi connectivity index (χ3n) is 5.70. The first-order chi connectivity index (χ1) is 16.7. The molecule has 1 heterocycles. The molecule has 0 aliphatic carbocycles. The van der Waals surface area contributed by atoms with Crippen molar-refractivity contribution in [1.29, 1.82) is 0 Å². The van der Waals surface area contributed by atoms with Crippen molar-refractivity contribution in [1.82, 2.24) is 4.90 Å². The van der Waals surface area contributed by atoms with E-state index in [9.17, 15) is 24.5 Å². The van der Waals surface area contributed by atoms with Gasteiger partial charge < -0.3 is 4.90 Å². The van der Waals surface area contributed by atoms with E-state index in [1.807, 2.05) is 6.07 Å². The van der Waals surface area contributed by atoms with Crippen molar-refractivity contribution in [2.75, 3.05) is 11.4 Å². The smallest absolute Gasteiger partial charge is 0.269 e. The Morgan fingerprint density at radius 3 is 2.31 bits per heavy atom. The first kappa shape index (κ1) is 24.4. The fourth-order valence-corrected chi connectivity index (χ4v) is 4.29. The van der Waals surface area contributed by atoms with E-state index < -0.39 is 28.7 Å². The molecule has 0 bridgehead atoms. The van der Waals surface area contributed by atoms with E-state index in [0.717, 1.165) is 10.5 Å². The van der Waals surface area contributed by atoms with Gasteiger partial charge in [0.1, 0.15) is 6.04 Å². The highest BCUT2D eigenvalue weighted by atomic mass is 35.5. The quantitative estimate of drug-likeness (QED) is 0.254. The average molecular weight is 512 g/mol. The van der Waals surface area contributed by atoms with Crippen LogP contribution < -0.4 is 4.90 Å². The number of nitro benzene ring substituents is 1. The van der Waals surface area contributed by atoms with Crippen LogP contribution in [0.5, 0.6) is 0 Å². The van der Waals surface area contributed by atoms with Gasteiger partial charge in [0, 0.05) is 34.3 Å². The molecule has 3 amide bonds. The first-order valence-corrected chi connectivity index (χ1v) is 11.4. The maximum absolute atomic E-state index is 13.5. The molecule has 0 aromatic heterocycles. The summed E-state index contributed by atoms with van der Waals surface area (Å²) in [6.07, 6.45) is 0.202. The number of nitrogens with zero attached hydrogens (tertiary/aromatic N) is 3. The monoisotopic (exact) mass is 511 g/mol. The van der Waals surface area contributed by atoms with Crippen molar-refractivity contribution < 1.29 is 19.3 Å². The van der Waals surface area contributed by atoms with Gasteiger partial charge >= 0.3 is 0 Å². The first-order valence-electron chi connectivity index (χ1n) is 10.7. The lowest BCUT2D eigenvalue weighted by atomic mass is 10.1. The van der Waals surface area contributed by atoms with Gasteiger partial charge in [0.05, 0.1) is 17.0 Å². The Hall–Kier alpha value is -3.75. The molecule has 3 aromatic rings. The second-order valence-corrected chi connectivity index (χ2v) is 8.82. The van der Waals surface area contributed by atoms with Gasteiger partial charge in [0.25, 0.3) is 17.5 Å². The van der Waals surface area contributed by atoms with Gasteiger partial charge in [-0.2, -0.15) is 0 Å². The van der Waals surface area contributed by atoms with Crippen LogP contribution in [0.1, 0.15) is 22.3 Å². The number of nitro groups is 1. The Labute approximate surface area is 210 Å². The zero-order chi connectivity index (χ0) is 25.1. The van der Waals surface area contributed by atoms with E-state index in [4.69, 9.17) is 23.2 Å². The van der Waals surface area contributed by atoms with Gasteiger partial charge in [-0.15, -0.1) is 0 Å². The Bertz CT molecular complexity index is 1300. The van der Waals surface area contributed by atoms with Crippen LogP contribution in [0, 0.1) is 10.1 Å². The minimum atomic E-state index is -1.03. The number of imide groups is 1. The predicted molar refractivity (Wildman–Crippen MR) is 132 cm³/mol. The highest BCUT2D eigenvalue weighted by Crippen LogP contribution is 2.28. The molecular formula is C25H19Cl2N3O5. The van der Waals surface area contributed by atoms with Crippen molar-refractivity contribution in [3.05, 3.63) is 104 Å². The second-order valence-electron chi connectivity index (χ2n) is 7.95. The van der Waals surface area contributed by atoms with E-state index in [0.29, 0.717) is 22.2 Å². The number of halogens is 2. The van der Waals surface area contributed by atoms with Crippen LogP contribution >= 0.6 is 23.2 Å². The summed E-state index contributed by atoms with van der Waals surface area (Å²) < 4.78 is 0. The van der Waals surface area contributed by atoms with Crippen molar-refractivity contribution in [3.63, 3.8) is 0 Å². The van der Waals surface area contributed by atoms with Gasteiger partial charge in [0.2, 0.25) is 5.91 Å². The molecule has 1 unspecified atom stereocenters. The number of carbonyl (C=O) groups excluding carboxylic acids is 3. The second kappa shape index (κ2) is 10.2. The number of benzene rings is 3. The van der Waals surface area contributed by atoms with E-state index in [2.05, 4.69) is 0 Å². The van der Waals surface area contributed by atoms with Crippen LogP contribution in [0.25, 0.3) is 0 Å². The zero-order valence-corrected chi connectivity index (χ0v) is 19.8. The van der Waals surface area contributed by atoms with Gasteiger partial charge in [-0.05, 0) is 60.5 Å². The molecule has 3 aromatic carbocycles. The summed E-state index contributed by atoms with van der Waals surface area (Å²) in [5.74, 6) is -1.48. The van der Waals surface area contributed by atoms with Gasteiger partial charge in [-0.25, -0.2) is 4.90 Å². The summed E-state index contributed by atoms with van der Waals surface area (Å²) in [5, 5.41) is 12.0. The summed E-state index contributed by atoms with van der Waals surface area (Å²) in [6, 6.07) is 17.5. The van der Waals surface area contributed by atoms with E-state index >= 15 is 0 Å². The molecule has 1 saturated heterocycles. The lowest BCUT2D eigenvalue weighted by Gasteiger charge is -2.28.